The van der Waals surface area contributed by atoms with Crippen LogP contribution in [0.1, 0.15) is 17.0 Å². The molecule has 0 fully saturated rings. The summed E-state index contributed by atoms with van der Waals surface area (Å²) in [4.78, 5) is 13.8. The van der Waals surface area contributed by atoms with Crippen molar-refractivity contribution < 1.29 is 0 Å². The van der Waals surface area contributed by atoms with Crippen molar-refractivity contribution in [3.05, 3.63) is 33.4 Å². The van der Waals surface area contributed by atoms with Gasteiger partial charge in [0.1, 0.15) is 11.6 Å². The lowest BCUT2D eigenvalue weighted by molar-refractivity contribution is 0.871. The molecule has 5 heteroatoms. The number of nitrogens with zero attached hydrogens (tertiary/aromatic N) is 3. The summed E-state index contributed by atoms with van der Waals surface area (Å²) >= 11 is 0. The fraction of sp³-hybridized carbons (Fsp3) is 0.222. The smallest absolute Gasteiger partial charge is 0.251 e. The van der Waals surface area contributed by atoms with Gasteiger partial charge in [0.25, 0.3) is 5.56 Å². The van der Waals surface area contributed by atoms with E-state index in [1.54, 1.807) is 18.4 Å². The van der Waals surface area contributed by atoms with Gasteiger partial charge < -0.3 is 4.98 Å². The highest BCUT2D eigenvalue weighted by Crippen LogP contribution is 2.11. The summed E-state index contributed by atoms with van der Waals surface area (Å²) in [5.41, 5.74) is 2.01. The van der Waals surface area contributed by atoms with Crippen LogP contribution in [-0.2, 0) is 0 Å². The fourth-order valence-corrected chi connectivity index (χ4v) is 1.44. The largest absolute Gasteiger partial charge is 0.306 e. The van der Waals surface area contributed by atoms with E-state index in [1.807, 2.05) is 6.07 Å². The van der Waals surface area contributed by atoms with E-state index >= 15 is 0 Å². The zero-order valence-electron chi connectivity index (χ0n) is 7.83. The van der Waals surface area contributed by atoms with Crippen LogP contribution in [0.5, 0.6) is 0 Å². The molecule has 2 heterocycles. The van der Waals surface area contributed by atoms with Crippen LogP contribution < -0.4 is 5.56 Å². The molecule has 1 N–H and O–H groups in total. The highest BCUT2D eigenvalue weighted by atomic mass is 16.1. The zero-order valence-corrected chi connectivity index (χ0v) is 7.83. The second-order valence-corrected chi connectivity index (χ2v) is 3.11. The molecule has 0 aliphatic rings. The van der Waals surface area contributed by atoms with Gasteiger partial charge in [-0.3, -0.25) is 4.79 Å². The summed E-state index contributed by atoms with van der Waals surface area (Å²) in [5, 5.41) is 13.0. The van der Waals surface area contributed by atoms with Gasteiger partial charge in [0, 0.05) is 11.8 Å². The summed E-state index contributed by atoms with van der Waals surface area (Å²) in [6.45, 7) is 3.51. The molecule has 0 aromatic carbocycles. The molecule has 2 aromatic heterocycles. The average molecular weight is 188 g/mol. The Morgan fingerprint density at radius 2 is 2.29 bits per heavy atom. The predicted molar refractivity (Wildman–Crippen MR) is 50.0 cm³/mol. The third-order valence-electron chi connectivity index (χ3n) is 2.09. The lowest BCUT2D eigenvalue weighted by Crippen LogP contribution is -2.09. The van der Waals surface area contributed by atoms with E-state index < -0.39 is 0 Å². The van der Waals surface area contributed by atoms with Crippen molar-refractivity contribution in [1.82, 2.24) is 14.6 Å². The molecule has 0 atom stereocenters. The number of aromatic amines is 1. The second-order valence-electron chi connectivity index (χ2n) is 3.11. The minimum absolute atomic E-state index is 0.216. The number of aromatic nitrogens is 3. The van der Waals surface area contributed by atoms with Gasteiger partial charge >= 0.3 is 0 Å². The van der Waals surface area contributed by atoms with E-state index in [1.165, 1.54) is 6.07 Å². The molecule has 0 radical (unpaired) electrons. The Kier molecular flexibility index (Phi) is 1.64. The molecule has 0 amide bonds. The van der Waals surface area contributed by atoms with Crippen LogP contribution in [-0.4, -0.2) is 14.6 Å². The molecule has 2 aromatic rings. The minimum atomic E-state index is -0.216. The maximum Gasteiger partial charge on any atom is 0.251 e. The zero-order chi connectivity index (χ0) is 10.3. The van der Waals surface area contributed by atoms with Gasteiger partial charge in [-0.1, -0.05) is 0 Å². The molecule has 0 bridgehead atoms. The number of hydrogen-bond acceptors (Lipinski definition) is 3. The molecule has 70 valence electrons. The third-order valence-corrected chi connectivity index (χ3v) is 2.09. The van der Waals surface area contributed by atoms with Crippen LogP contribution in [0.3, 0.4) is 0 Å². The molecule has 0 saturated carbocycles. The van der Waals surface area contributed by atoms with Crippen LogP contribution in [0.4, 0.5) is 0 Å². The van der Waals surface area contributed by atoms with E-state index in [0.717, 1.165) is 0 Å². The highest BCUT2D eigenvalue weighted by molar-refractivity contribution is 5.57. The molecule has 5 nitrogen and oxygen atoms in total. The molecule has 0 saturated heterocycles. The molecule has 2 rings (SSSR count). The van der Waals surface area contributed by atoms with Gasteiger partial charge in [-0.25, -0.2) is 4.52 Å². The summed E-state index contributed by atoms with van der Waals surface area (Å²) in [6, 6.07) is 3.46. The predicted octanol–water partition coefficient (Wildman–Crippen LogP) is 0.511. The lowest BCUT2D eigenvalue weighted by Gasteiger charge is -1.96. The van der Waals surface area contributed by atoms with Gasteiger partial charge in [-0.05, 0) is 13.8 Å². The topological polar surface area (TPSA) is 74.0 Å². The van der Waals surface area contributed by atoms with Crippen molar-refractivity contribution in [1.29, 1.82) is 5.26 Å². The van der Waals surface area contributed by atoms with Crippen LogP contribution in [0.2, 0.25) is 0 Å². The van der Waals surface area contributed by atoms with Crippen molar-refractivity contribution in [3.8, 4) is 6.07 Å². The average Bonchev–Trinajstić information content (AvgIpc) is 2.41. The summed E-state index contributed by atoms with van der Waals surface area (Å²) in [7, 11) is 0. The van der Waals surface area contributed by atoms with Gasteiger partial charge in [0.05, 0.1) is 5.69 Å². The van der Waals surface area contributed by atoms with E-state index in [4.69, 9.17) is 5.26 Å². The van der Waals surface area contributed by atoms with Crippen LogP contribution in [0, 0.1) is 25.2 Å². The number of hydrogen-bond donors (Lipinski definition) is 1. The van der Waals surface area contributed by atoms with Crippen molar-refractivity contribution in [2.24, 2.45) is 0 Å². The lowest BCUT2D eigenvalue weighted by atomic mass is 10.3. The molecular formula is C9H8N4O. The first kappa shape index (κ1) is 8.51. The molecular weight excluding hydrogens is 180 g/mol. The number of nitrogens with one attached hydrogen (secondary N) is 1. The molecule has 0 unspecified atom stereocenters. The summed E-state index contributed by atoms with van der Waals surface area (Å²) in [6.07, 6.45) is 0. The van der Waals surface area contributed by atoms with Crippen molar-refractivity contribution >= 4 is 5.65 Å². The summed E-state index contributed by atoms with van der Waals surface area (Å²) in [5.74, 6) is 0. The Balaban J connectivity index is 3.04. The van der Waals surface area contributed by atoms with E-state index in [2.05, 4.69) is 10.1 Å². The number of rotatable bonds is 0. The SMILES string of the molecule is Cc1nn2c(C)cc(=O)[nH]c2c1C#N. The monoisotopic (exact) mass is 188 g/mol. The van der Waals surface area contributed by atoms with E-state index in [-0.39, 0.29) is 5.56 Å². The first-order valence-electron chi connectivity index (χ1n) is 4.13. The second kappa shape index (κ2) is 2.70. The molecule has 14 heavy (non-hydrogen) atoms. The van der Waals surface area contributed by atoms with Crippen LogP contribution >= 0.6 is 0 Å². The Labute approximate surface area is 79.6 Å². The van der Waals surface area contributed by atoms with Crippen LogP contribution in [0.15, 0.2) is 10.9 Å². The van der Waals surface area contributed by atoms with Gasteiger partial charge in [0.2, 0.25) is 0 Å². The number of aryl methyl sites for hydroxylation is 2. The minimum Gasteiger partial charge on any atom is -0.306 e. The number of H-pyrrole nitrogens is 1. The van der Waals surface area contributed by atoms with Gasteiger partial charge in [-0.15, -0.1) is 0 Å². The maximum atomic E-state index is 11.2. The standard InChI is InChI=1S/C9H8N4O/c1-5-3-8(14)11-9-7(4-10)6(2)12-13(5)9/h3H,1-2H3,(H,11,14). The number of nitriles is 1. The third kappa shape index (κ3) is 1.01. The Hall–Kier alpha value is -2.09. The quantitative estimate of drug-likeness (QED) is 0.654. The first-order valence-corrected chi connectivity index (χ1v) is 4.13. The highest BCUT2D eigenvalue weighted by Gasteiger charge is 2.10. The number of fused-ring (bicyclic) bond motifs is 1. The van der Waals surface area contributed by atoms with Crippen molar-refractivity contribution in [2.45, 2.75) is 13.8 Å². The molecule has 0 aliphatic carbocycles. The maximum absolute atomic E-state index is 11.2. The Morgan fingerprint density at radius 1 is 1.57 bits per heavy atom. The fourth-order valence-electron chi connectivity index (χ4n) is 1.44. The Morgan fingerprint density at radius 3 is 2.93 bits per heavy atom. The van der Waals surface area contributed by atoms with E-state index in [9.17, 15) is 4.79 Å². The van der Waals surface area contributed by atoms with Crippen LogP contribution in [0.25, 0.3) is 5.65 Å². The summed E-state index contributed by atoms with van der Waals surface area (Å²) < 4.78 is 1.56. The Bertz CT molecular complexity index is 600. The van der Waals surface area contributed by atoms with Crippen molar-refractivity contribution in [3.63, 3.8) is 0 Å². The normalized spacial score (nSPS) is 10.4. The molecule has 0 aliphatic heterocycles. The first-order chi connectivity index (χ1) is 6.63. The van der Waals surface area contributed by atoms with Crippen molar-refractivity contribution in [2.75, 3.05) is 0 Å². The molecule has 0 spiro atoms. The van der Waals surface area contributed by atoms with E-state index in [0.29, 0.717) is 22.6 Å². The van der Waals surface area contributed by atoms with Gasteiger partial charge in [0.15, 0.2) is 5.65 Å². The van der Waals surface area contributed by atoms with Gasteiger partial charge in [-0.2, -0.15) is 10.4 Å².